The molecule has 2 aliphatic rings. The number of aliphatic hydroxyl groups is 1. The number of ether oxygens (including phenoxy) is 2. The zero-order valence-electron chi connectivity index (χ0n) is 10.5. The fourth-order valence-corrected chi connectivity index (χ4v) is 3.45. The lowest BCUT2D eigenvalue weighted by molar-refractivity contribution is -0.175. The minimum Gasteiger partial charge on any atom is -0.469 e. The topological polar surface area (TPSA) is 55.8 Å². The molecule has 1 saturated heterocycles. The number of esters is 1. The van der Waals surface area contributed by atoms with E-state index in [1.165, 1.54) is 7.11 Å². The number of methoxy groups -OCH3 is 1. The highest BCUT2D eigenvalue weighted by molar-refractivity contribution is 5.78. The highest BCUT2D eigenvalue weighted by Gasteiger charge is 2.57. The van der Waals surface area contributed by atoms with Crippen LogP contribution in [0.1, 0.15) is 44.9 Å². The van der Waals surface area contributed by atoms with Crippen LogP contribution in [-0.4, -0.2) is 37.0 Å². The van der Waals surface area contributed by atoms with Crippen molar-refractivity contribution < 1.29 is 19.4 Å². The molecule has 0 aromatic heterocycles. The Morgan fingerprint density at radius 2 is 1.82 bits per heavy atom. The zero-order valence-corrected chi connectivity index (χ0v) is 10.5. The van der Waals surface area contributed by atoms with Gasteiger partial charge in [0.05, 0.1) is 18.1 Å². The van der Waals surface area contributed by atoms with Gasteiger partial charge in [-0.1, -0.05) is 12.8 Å². The quantitative estimate of drug-likeness (QED) is 0.748. The number of carbonyl (C=O) groups excluding carboxylic acids is 1. The van der Waals surface area contributed by atoms with Crippen LogP contribution in [-0.2, 0) is 14.3 Å². The maximum absolute atomic E-state index is 12.1. The van der Waals surface area contributed by atoms with Crippen molar-refractivity contribution in [3.8, 4) is 0 Å². The van der Waals surface area contributed by atoms with Crippen LogP contribution in [0.5, 0.6) is 0 Å². The lowest BCUT2D eigenvalue weighted by Crippen LogP contribution is -2.52. The first-order valence-electron chi connectivity index (χ1n) is 6.53. The molecule has 1 heterocycles. The summed E-state index contributed by atoms with van der Waals surface area (Å²) in [5.41, 5.74) is -1.62. The first-order valence-corrected chi connectivity index (χ1v) is 6.53. The second kappa shape index (κ2) is 4.94. The molecule has 4 nitrogen and oxygen atoms in total. The zero-order chi connectivity index (χ0) is 12.4. The van der Waals surface area contributed by atoms with Crippen molar-refractivity contribution >= 4 is 5.97 Å². The molecule has 0 radical (unpaired) electrons. The Morgan fingerprint density at radius 3 is 2.47 bits per heavy atom. The van der Waals surface area contributed by atoms with E-state index in [4.69, 9.17) is 9.47 Å². The predicted octanol–water partition coefficient (Wildman–Crippen LogP) is 1.65. The fraction of sp³-hybridized carbons (Fsp3) is 0.923. The maximum Gasteiger partial charge on any atom is 0.314 e. The first-order chi connectivity index (χ1) is 8.15. The SMILES string of the molecule is COC(=O)C1(C2(O)CCCOCC2)CCCC1. The standard InChI is InChI=1S/C13H22O4/c1-16-11(14)12(5-2-3-6-12)13(15)7-4-9-17-10-8-13/h15H,2-10H2,1H3. The average Bonchev–Trinajstić information content (AvgIpc) is 2.74. The smallest absolute Gasteiger partial charge is 0.314 e. The Morgan fingerprint density at radius 1 is 1.12 bits per heavy atom. The summed E-state index contributed by atoms with van der Waals surface area (Å²) in [7, 11) is 1.42. The van der Waals surface area contributed by atoms with Crippen molar-refractivity contribution in [2.24, 2.45) is 5.41 Å². The Bertz CT molecular complexity index is 273. The molecule has 17 heavy (non-hydrogen) atoms. The van der Waals surface area contributed by atoms with Gasteiger partial charge < -0.3 is 14.6 Å². The molecule has 1 saturated carbocycles. The van der Waals surface area contributed by atoms with E-state index < -0.39 is 11.0 Å². The molecule has 1 N–H and O–H groups in total. The van der Waals surface area contributed by atoms with Crippen LogP contribution >= 0.6 is 0 Å². The molecule has 0 aromatic rings. The summed E-state index contributed by atoms with van der Waals surface area (Å²) >= 11 is 0. The van der Waals surface area contributed by atoms with E-state index in [1.54, 1.807) is 0 Å². The molecular weight excluding hydrogens is 220 g/mol. The van der Waals surface area contributed by atoms with E-state index in [-0.39, 0.29) is 5.97 Å². The second-order valence-electron chi connectivity index (χ2n) is 5.28. The Kier molecular flexibility index (Phi) is 3.73. The number of hydrogen-bond acceptors (Lipinski definition) is 4. The maximum atomic E-state index is 12.1. The molecule has 1 unspecified atom stereocenters. The first kappa shape index (κ1) is 12.8. The summed E-state index contributed by atoms with van der Waals surface area (Å²) in [5, 5.41) is 10.9. The summed E-state index contributed by atoms with van der Waals surface area (Å²) < 4.78 is 10.4. The van der Waals surface area contributed by atoms with Crippen LogP contribution in [0.2, 0.25) is 0 Å². The number of carbonyl (C=O) groups is 1. The van der Waals surface area contributed by atoms with Gasteiger partial charge in [0.2, 0.25) is 0 Å². The van der Waals surface area contributed by atoms with Gasteiger partial charge in [-0.3, -0.25) is 4.79 Å². The van der Waals surface area contributed by atoms with Crippen LogP contribution in [0.3, 0.4) is 0 Å². The molecule has 0 spiro atoms. The molecule has 1 aliphatic carbocycles. The molecule has 98 valence electrons. The third-order valence-corrected chi connectivity index (χ3v) is 4.46. The van der Waals surface area contributed by atoms with E-state index in [0.29, 0.717) is 26.1 Å². The largest absolute Gasteiger partial charge is 0.469 e. The molecule has 0 amide bonds. The van der Waals surface area contributed by atoms with Crippen molar-refractivity contribution in [3.05, 3.63) is 0 Å². The lowest BCUT2D eigenvalue weighted by Gasteiger charge is -2.42. The van der Waals surface area contributed by atoms with E-state index in [9.17, 15) is 9.90 Å². The van der Waals surface area contributed by atoms with Gasteiger partial charge >= 0.3 is 5.97 Å². The van der Waals surface area contributed by atoms with Crippen LogP contribution in [0.15, 0.2) is 0 Å². The summed E-state index contributed by atoms with van der Waals surface area (Å²) in [4.78, 5) is 12.1. The lowest BCUT2D eigenvalue weighted by atomic mass is 9.67. The van der Waals surface area contributed by atoms with Gasteiger partial charge in [0, 0.05) is 19.6 Å². The van der Waals surface area contributed by atoms with Crippen molar-refractivity contribution in [1.82, 2.24) is 0 Å². The number of rotatable bonds is 2. The molecule has 2 fully saturated rings. The van der Waals surface area contributed by atoms with Crippen molar-refractivity contribution in [3.63, 3.8) is 0 Å². The molecule has 1 aliphatic heterocycles. The molecule has 4 heteroatoms. The van der Waals surface area contributed by atoms with E-state index >= 15 is 0 Å². The Hall–Kier alpha value is -0.610. The van der Waals surface area contributed by atoms with Gasteiger partial charge in [-0.2, -0.15) is 0 Å². The third-order valence-electron chi connectivity index (χ3n) is 4.46. The van der Waals surface area contributed by atoms with Gasteiger partial charge in [-0.05, 0) is 25.7 Å². The van der Waals surface area contributed by atoms with Gasteiger partial charge in [0.25, 0.3) is 0 Å². The van der Waals surface area contributed by atoms with Crippen LogP contribution in [0, 0.1) is 5.41 Å². The summed E-state index contributed by atoms with van der Waals surface area (Å²) in [6, 6.07) is 0. The Balaban J connectivity index is 2.27. The minimum atomic E-state index is -0.937. The van der Waals surface area contributed by atoms with Gasteiger partial charge in [-0.15, -0.1) is 0 Å². The predicted molar refractivity (Wildman–Crippen MR) is 62.5 cm³/mol. The van der Waals surface area contributed by atoms with E-state index in [0.717, 1.165) is 32.1 Å². The number of hydrogen-bond donors (Lipinski definition) is 1. The fourth-order valence-electron chi connectivity index (χ4n) is 3.45. The molecule has 0 bridgehead atoms. The van der Waals surface area contributed by atoms with Crippen molar-refractivity contribution in [2.45, 2.75) is 50.5 Å². The van der Waals surface area contributed by atoms with Crippen molar-refractivity contribution in [2.75, 3.05) is 20.3 Å². The summed E-state index contributed by atoms with van der Waals surface area (Å²) in [5.74, 6) is -0.237. The summed E-state index contributed by atoms with van der Waals surface area (Å²) in [6.45, 7) is 1.22. The van der Waals surface area contributed by atoms with Crippen molar-refractivity contribution in [1.29, 1.82) is 0 Å². The molecule has 1 atom stereocenters. The van der Waals surface area contributed by atoms with Gasteiger partial charge in [0.1, 0.15) is 0 Å². The van der Waals surface area contributed by atoms with Crippen LogP contribution in [0.25, 0.3) is 0 Å². The molecular formula is C13H22O4. The second-order valence-corrected chi connectivity index (χ2v) is 5.28. The average molecular weight is 242 g/mol. The Labute approximate surface area is 102 Å². The molecule has 0 aromatic carbocycles. The van der Waals surface area contributed by atoms with E-state index in [1.807, 2.05) is 0 Å². The normalized spacial score (nSPS) is 33.1. The third kappa shape index (κ3) is 2.08. The summed E-state index contributed by atoms with van der Waals surface area (Å²) in [6.07, 6.45) is 5.49. The van der Waals surface area contributed by atoms with Gasteiger partial charge in [0.15, 0.2) is 0 Å². The molecule has 2 rings (SSSR count). The van der Waals surface area contributed by atoms with Gasteiger partial charge in [-0.25, -0.2) is 0 Å². The highest BCUT2D eigenvalue weighted by atomic mass is 16.5. The van der Waals surface area contributed by atoms with Crippen LogP contribution < -0.4 is 0 Å². The highest BCUT2D eigenvalue weighted by Crippen LogP contribution is 2.51. The minimum absolute atomic E-state index is 0.237. The van der Waals surface area contributed by atoms with E-state index in [2.05, 4.69) is 0 Å². The van der Waals surface area contributed by atoms with Crippen LogP contribution in [0.4, 0.5) is 0 Å². The monoisotopic (exact) mass is 242 g/mol.